The van der Waals surface area contributed by atoms with E-state index in [1.807, 2.05) is 31.3 Å². The molecule has 0 atom stereocenters. The lowest BCUT2D eigenvalue weighted by molar-refractivity contribution is 0.564. The summed E-state index contributed by atoms with van der Waals surface area (Å²) >= 11 is 0. The summed E-state index contributed by atoms with van der Waals surface area (Å²) in [6, 6.07) is 5.67. The van der Waals surface area contributed by atoms with E-state index < -0.39 is 0 Å². The molecule has 0 spiro atoms. The number of anilines is 2. The van der Waals surface area contributed by atoms with Gasteiger partial charge < -0.3 is 20.5 Å². The van der Waals surface area contributed by atoms with E-state index in [0.29, 0.717) is 18.2 Å². The van der Waals surface area contributed by atoms with Gasteiger partial charge in [-0.25, -0.2) is 15.0 Å². The second kappa shape index (κ2) is 5.69. The van der Waals surface area contributed by atoms with Crippen LogP contribution in [0.25, 0.3) is 22.2 Å². The van der Waals surface area contributed by atoms with E-state index in [1.54, 1.807) is 18.7 Å². The van der Waals surface area contributed by atoms with Gasteiger partial charge in [0.15, 0.2) is 0 Å². The van der Waals surface area contributed by atoms with Gasteiger partial charge in [0.25, 0.3) is 0 Å². The van der Waals surface area contributed by atoms with Gasteiger partial charge in [-0.2, -0.15) is 0 Å². The Kier molecular flexibility index (Phi) is 3.38. The molecule has 0 aliphatic carbocycles. The van der Waals surface area contributed by atoms with Gasteiger partial charge >= 0.3 is 0 Å². The Morgan fingerprint density at radius 2 is 2.21 bits per heavy atom. The van der Waals surface area contributed by atoms with E-state index in [9.17, 15) is 0 Å². The number of aromatic amines is 1. The van der Waals surface area contributed by atoms with Crippen molar-refractivity contribution in [2.75, 3.05) is 11.1 Å². The normalized spacial score (nSPS) is 11.0. The lowest BCUT2D eigenvalue weighted by Gasteiger charge is -2.09. The lowest BCUT2D eigenvalue weighted by Crippen LogP contribution is -2.03. The summed E-state index contributed by atoms with van der Waals surface area (Å²) in [7, 11) is 0. The fraction of sp³-hybridized carbons (Fsp3) is 0.118. The zero-order valence-corrected chi connectivity index (χ0v) is 13.1. The van der Waals surface area contributed by atoms with Crippen molar-refractivity contribution in [2.24, 2.45) is 0 Å². The Labute approximate surface area is 138 Å². The van der Waals surface area contributed by atoms with Crippen LogP contribution < -0.4 is 11.1 Å². The maximum Gasteiger partial charge on any atom is 0.143 e. The molecule has 4 heterocycles. The van der Waals surface area contributed by atoms with E-state index in [0.717, 1.165) is 33.5 Å². The van der Waals surface area contributed by atoms with E-state index >= 15 is 0 Å². The van der Waals surface area contributed by atoms with Crippen LogP contribution in [0.5, 0.6) is 0 Å². The van der Waals surface area contributed by atoms with Crippen LogP contribution in [-0.2, 0) is 6.54 Å². The molecule has 120 valence electrons. The van der Waals surface area contributed by atoms with Crippen LogP contribution in [0, 0.1) is 6.92 Å². The SMILES string of the molecule is Cc1nc(NCc2ccoc2)c2c(-c3ccnc(N)c3)c[nH]c2n1. The Balaban J connectivity index is 1.81. The van der Waals surface area contributed by atoms with Crippen LogP contribution in [0.4, 0.5) is 11.6 Å². The van der Waals surface area contributed by atoms with Gasteiger partial charge in [0, 0.05) is 30.1 Å². The molecular formula is C17H16N6O. The highest BCUT2D eigenvalue weighted by molar-refractivity contribution is 6.01. The van der Waals surface area contributed by atoms with Crippen LogP contribution in [0.1, 0.15) is 11.4 Å². The summed E-state index contributed by atoms with van der Waals surface area (Å²) in [6.45, 7) is 2.48. The van der Waals surface area contributed by atoms with Crippen molar-refractivity contribution in [3.63, 3.8) is 0 Å². The van der Waals surface area contributed by atoms with E-state index in [4.69, 9.17) is 10.2 Å². The quantitative estimate of drug-likeness (QED) is 0.533. The molecule has 0 saturated carbocycles. The number of pyridine rings is 1. The molecular weight excluding hydrogens is 304 g/mol. The monoisotopic (exact) mass is 320 g/mol. The fourth-order valence-corrected chi connectivity index (χ4v) is 2.70. The lowest BCUT2D eigenvalue weighted by atomic mass is 10.1. The number of hydrogen-bond donors (Lipinski definition) is 3. The Morgan fingerprint density at radius 1 is 1.29 bits per heavy atom. The largest absolute Gasteiger partial charge is 0.472 e. The molecule has 7 nitrogen and oxygen atoms in total. The number of hydrogen-bond acceptors (Lipinski definition) is 6. The van der Waals surface area contributed by atoms with E-state index in [1.165, 1.54) is 0 Å². The third kappa shape index (κ3) is 2.56. The number of nitrogens with zero attached hydrogens (tertiary/aromatic N) is 3. The number of furan rings is 1. The predicted octanol–water partition coefficient (Wildman–Crippen LogP) is 3.12. The minimum atomic E-state index is 0.475. The molecule has 4 aromatic rings. The van der Waals surface area contributed by atoms with Gasteiger partial charge in [-0.1, -0.05) is 0 Å². The molecule has 0 saturated heterocycles. The van der Waals surface area contributed by atoms with Crippen LogP contribution in [0.15, 0.2) is 47.5 Å². The number of nitrogen functional groups attached to an aromatic ring is 1. The van der Waals surface area contributed by atoms with Crippen molar-refractivity contribution in [3.05, 3.63) is 54.5 Å². The zero-order chi connectivity index (χ0) is 16.5. The molecule has 4 aromatic heterocycles. The number of H-pyrrole nitrogens is 1. The topological polar surface area (TPSA) is 106 Å². The fourth-order valence-electron chi connectivity index (χ4n) is 2.70. The van der Waals surface area contributed by atoms with Gasteiger partial charge in [0.1, 0.15) is 23.1 Å². The second-order valence-electron chi connectivity index (χ2n) is 5.50. The van der Waals surface area contributed by atoms with Crippen LogP contribution in [0.2, 0.25) is 0 Å². The standard InChI is InChI=1S/C17H16N6O/c1-10-22-16(20-7-11-3-5-24-9-11)15-13(8-21-17(15)23-10)12-2-4-19-14(18)6-12/h2-6,8-9H,7H2,1H3,(H2,18,19)(H2,20,21,22,23). The molecule has 0 aliphatic rings. The Morgan fingerprint density at radius 3 is 3.00 bits per heavy atom. The van der Waals surface area contributed by atoms with Crippen molar-refractivity contribution in [1.82, 2.24) is 19.9 Å². The molecule has 0 aromatic carbocycles. The van der Waals surface area contributed by atoms with Crippen molar-refractivity contribution >= 4 is 22.7 Å². The minimum Gasteiger partial charge on any atom is -0.472 e. The maximum atomic E-state index is 5.82. The summed E-state index contributed by atoms with van der Waals surface area (Å²) in [5, 5.41) is 4.29. The molecule has 0 bridgehead atoms. The molecule has 0 unspecified atom stereocenters. The van der Waals surface area contributed by atoms with Gasteiger partial charge in [0.2, 0.25) is 0 Å². The minimum absolute atomic E-state index is 0.475. The molecule has 4 rings (SSSR count). The third-order valence-corrected chi connectivity index (χ3v) is 3.78. The summed E-state index contributed by atoms with van der Waals surface area (Å²) in [6.07, 6.45) is 6.97. The Hall–Kier alpha value is -3.35. The van der Waals surface area contributed by atoms with Crippen molar-refractivity contribution in [3.8, 4) is 11.1 Å². The van der Waals surface area contributed by atoms with Crippen molar-refractivity contribution in [2.45, 2.75) is 13.5 Å². The molecule has 0 fully saturated rings. The second-order valence-corrected chi connectivity index (χ2v) is 5.50. The molecule has 4 N–H and O–H groups in total. The third-order valence-electron chi connectivity index (χ3n) is 3.78. The number of nitrogens with one attached hydrogen (secondary N) is 2. The molecule has 24 heavy (non-hydrogen) atoms. The number of nitrogens with two attached hydrogens (primary N) is 1. The molecule has 0 aliphatic heterocycles. The highest BCUT2D eigenvalue weighted by Crippen LogP contribution is 2.32. The first-order valence-electron chi connectivity index (χ1n) is 7.53. The molecule has 7 heteroatoms. The first-order valence-corrected chi connectivity index (χ1v) is 7.53. The highest BCUT2D eigenvalue weighted by Gasteiger charge is 2.14. The first-order chi connectivity index (χ1) is 11.7. The summed E-state index contributed by atoms with van der Waals surface area (Å²) < 4.78 is 5.11. The molecule has 0 amide bonds. The number of aryl methyl sites for hydroxylation is 1. The van der Waals surface area contributed by atoms with Gasteiger partial charge in [0.05, 0.1) is 17.9 Å². The van der Waals surface area contributed by atoms with Crippen LogP contribution in [-0.4, -0.2) is 19.9 Å². The van der Waals surface area contributed by atoms with E-state index in [-0.39, 0.29) is 0 Å². The average molecular weight is 320 g/mol. The van der Waals surface area contributed by atoms with Crippen molar-refractivity contribution in [1.29, 1.82) is 0 Å². The summed E-state index contributed by atoms with van der Waals surface area (Å²) in [5.74, 6) is 1.94. The van der Waals surface area contributed by atoms with E-state index in [2.05, 4.69) is 25.3 Å². The number of aromatic nitrogens is 4. The zero-order valence-electron chi connectivity index (χ0n) is 13.1. The Bertz CT molecular complexity index is 990. The van der Waals surface area contributed by atoms with Crippen LogP contribution in [0.3, 0.4) is 0 Å². The summed E-state index contributed by atoms with van der Waals surface area (Å²) in [5.41, 5.74) is 9.59. The van der Waals surface area contributed by atoms with Crippen LogP contribution >= 0.6 is 0 Å². The first kappa shape index (κ1) is 14.3. The number of fused-ring (bicyclic) bond motifs is 1. The van der Waals surface area contributed by atoms with Gasteiger partial charge in [-0.3, -0.25) is 0 Å². The summed E-state index contributed by atoms with van der Waals surface area (Å²) in [4.78, 5) is 16.3. The maximum absolute atomic E-state index is 5.82. The van der Waals surface area contributed by atoms with Gasteiger partial charge in [-0.15, -0.1) is 0 Å². The highest BCUT2D eigenvalue weighted by atomic mass is 16.3. The van der Waals surface area contributed by atoms with Crippen molar-refractivity contribution < 1.29 is 4.42 Å². The average Bonchev–Trinajstić information content (AvgIpc) is 3.22. The van der Waals surface area contributed by atoms with Gasteiger partial charge in [-0.05, 0) is 30.7 Å². The molecule has 0 radical (unpaired) electrons. The number of rotatable bonds is 4. The predicted molar refractivity (Wildman–Crippen MR) is 92.3 cm³/mol. The smallest absolute Gasteiger partial charge is 0.143 e.